The maximum Gasteiger partial charge on any atom is 0.261 e. The van der Waals surface area contributed by atoms with E-state index in [4.69, 9.17) is 4.98 Å². The van der Waals surface area contributed by atoms with Crippen molar-refractivity contribution in [2.75, 3.05) is 13.1 Å². The zero-order chi connectivity index (χ0) is 27.4. The molecule has 6 aromatic rings. The van der Waals surface area contributed by atoms with E-state index >= 15 is 0 Å². The molecule has 12 heteroatoms. The van der Waals surface area contributed by atoms with Crippen LogP contribution in [0.1, 0.15) is 12.0 Å². The molecular formula is C28H21F3N8O. The van der Waals surface area contributed by atoms with Gasteiger partial charge in [-0.1, -0.05) is 0 Å². The fraction of sp³-hybridized carbons (Fsp3) is 0.179. The number of rotatable bonds is 5. The van der Waals surface area contributed by atoms with Crippen LogP contribution in [0, 0.1) is 5.82 Å². The Morgan fingerprint density at radius 3 is 2.65 bits per heavy atom. The first-order chi connectivity index (χ1) is 19.3. The van der Waals surface area contributed by atoms with Gasteiger partial charge in [-0.2, -0.15) is 5.10 Å². The number of benzene rings is 1. The number of nitrogens with zero attached hydrogens (tertiary/aromatic N) is 6. The molecule has 0 saturated carbocycles. The third-order valence-electron chi connectivity index (χ3n) is 7.00. The zero-order valence-electron chi connectivity index (χ0n) is 20.9. The van der Waals surface area contributed by atoms with E-state index in [-0.39, 0.29) is 18.7 Å². The van der Waals surface area contributed by atoms with Crippen LogP contribution in [0.2, 0.25) is 0 Å². The minimum absolute atomic E-state index is 0.133. The summed E-state index contributed by atoms with van der Waals surface area (Å²) in [6.45, 7) is 0.470. The molecule has 0 unspecified atom stereocenters. The number of aromatic hydroxyl groups is 1. The molecule has 40 heavy (non-hydrogen) atoms. The smallest absolute Gasteiger partial charge is 0.261 e. The Hall–Kier alpha value is -4.84. The van der Waals surface area contributed by atoms with Gasteiger partial charge in [-0.15, -0.1) is 0 Å². The molecule has 0 radical (unpaired) electrons. The van der Waals surface area contributed by atoms with Crippen LogP contribution in [0.3, 0.4) is 0 Å². The second-order valence-corrected chi connectivity index (χ2v) is 9.95. The molecule has 7 rings (SSSR count). The standard InChI is InChI=1S/C28H21F3N8O/c29-18-4-16(5-19(40)6-18)21-10-33-11-24-25(21)36-27(35-24)26-20-7-22(34-12-23(20)37-38-26)17-3-15(8-32-9-17)13-39-2-1-28(30,31)14-39/h3-12,40H,1-2,13-14H2,(H,35,36)(H,37,38). The quantitative estimate of drug-likeness (QED) is 0.270. The Kier molecular flexibility index (Phi) is 5.52. The van der Waals surface area contributed by atoms with E-state index < -0.39 is 11.7 Å². The zero-order valence-corrected chi connectivity index (χ0v) is 20.9. The first-order valence-electron chi connectivity index (χ1n) is 12.5. The van der Waals surface area contributed by atoms with E-state index in [9.17, 15) is 18.3 Å². The van der Waals surface area contributed by atoms with Gasteiger partial charge in [-0.25, -0.2) is 18.2 Å². The van der Waals surface area contributed by atoms with Crippen molar-refractivity contribution in [2.45, 2.75) is 18.9 Å². The van der Waals surface area contributed by atoms with E-state index in [1.165, 1.54) is 12.1 Å². The summed E-state index contributed by atoms with van der Waals surface area (Å²) >= 11 is 0. The molecule has 1 saturated heterocycles. The van der Waals surface area contributed by atoms with E-state index in [0.29, 0.717) is 58.0 Å². The molecule has 3 N–H and O–H groups in total. The molecule has 1 aliphatic rings. The first-order valence-corrected chi connectivity index (χ1v) is 12.5. The molecule has 0 aliphatic carbocycles. The van der Waals surface area contributed by atoms with Gasteiger partial charge in [0.25, 0.3) is 5.92 Å². The minimum Gasteiger partial charge on any atom is -0.508 e. The molecule has 1 fully saturated rings. The van der Waals surface area contributed by atoms with Gasteiger partial charge >= 0.3 is 0 Å². The molecule has 0 bridgehead atoms. The van der Waals surface area contributed by atoms with Crippen LogP contribution in [0.5, 0.6) is 5.75 Å². The van der Waals surface area contributed by atoms with Crippen LogP contribution in [-0.4, -0.2) is 64.1 Å². The molecule has 0 spiro atoms. The highest BCUT2D eigenvalue weighted by Crippen LogP contribution is 2.34. The fourth-order valence-corrected chi connectivity index (χ4v) is 5.16. The maximum atomic E-state index is 14.0. The summed E-state index contributed by atoms with van der Waals surface area (Å²) in [6.07, 6.45) is 8.08. The van der Waals surface area contributed by atoms with E-state index in [1.807, 2.05) is 12.1 Å². The second-order valence-electron chi connectivity index (χ2n) is 9.95. The highest BCUT2D eigenvalue weighted by molar-refractivity contribution is 5.97. The monoisotopic (exact) mass is 542 g/mol. The lowest BCUT2D eigenvalue weighted by Gasteiger charge is -2.15. The van der Waals surface area contributed by atoms with Gasteiger partial charge in [0.15, 0.2) is 5.82 Å². The molecule has 5 aromatic heterocycles. The third kappa shape index (κ3) is 4.41. The number of H-pyrrole nitrogens is 2. The van der Waals surface area contributed by atoms with Crippen molar-refractivity contribution in [3.05, 3.63) is 72.7 Å². The molecule has 200 valence electrons. The summed E-state index contributed by atoms with van der Waals surface area (Å²) in [5, 5.41) is 18.1. The number of fused-ring (bicyclic) bond motifs is 2. The van der Waals surface area contributed by atoms with Gasteiger partial charge in [0.1, 0.15) is 17.3 Å². The van der Waals surface area contributed by atoms with Gasteiger partial charge in [-0.3, -0.25) is 25.0 Å². The number of likely N-dealkylation sites (tertiary alicyclic amines) is 1. The highest BCUT2D eigenvalue weighted by atomic mass is 19.3. The molecular weight excluding hydrogens is 521 g/mol. The summed E-state index contributed by atoms with van der Waals surface area (Å²) in [5.41, 5.74) is 5.61. The van der Waals surface area contributed by atoms with Crippen molar-refractivity contribution in [3.63, 3.8) is 0 Å². The number of halogens is 3. The lowest BCUT2D eigenvalue weighted by Crippen LogP contribution is -2.24. The SMILES string of the molecule is Oc1cc(F)cc(-c2cncc3[nH]c(-c4n[nH]c5cnc(-c6cncc(CN7CCC(F)(F)C7)c6)cc45)nc23)c1. The topological polar surface area (TPSA) is 120 Å². The number of aromatic nitrogens is 7. The molecule has 9 nitrogen and oxygen atoms in total. The number of alkyl halides is 2. The van der Waals surface area contributed by atoms with Crippen LogP contribution in [0.15, 0.2) is 61.3 Å². The van der Waals surface area contributed by atoms with Crippen LogP contribution in [-0.2, 0) is 6.54 Å². The normalized spacial score (nSPS) is 15.4. The Labute approximate surface area is 224 Å². The largest absolute Gasteiger partial charge is 0.508 e. The van der Waals surface area contributed by atoms with Gasteiger partial charge in [0.2, 0.25) is 0 Å². The van der Waals surface area contributed by atoms with Crippen LogP contribution in [0.4, 0.5) is 13.2 Å². The van der Waals surface area contributed by atoms with Gasteiger partial charge in [-0.05, 0) is 35.4 Å². The Balaban J connectivity index is 1.25. The number of imidazole rings is 1. The Morgan fingerprint density at radius 1 is 0.950 bits per heavy atom. The summed E-state index contributed by atoms with van der Waals surface area (Å²) in [4.78, 5) is 22.8. The molecule has 0 atom stereocenters. The third-order valence-corrected chi connectivity index (χ3v) is 7.00. The van der Waals surface area contributed by atoms with E-state index in [2.05, 4.69) is 30.1 Å². The summed E-state index contributed by atoms with van der Waals surface area (Å²) in [5.74, 6) is -2.95. The second kappa shape index (κ2) is 9.12. The number of hydrogen-bond donors (Lipinski definition) is 3. The molecule has 0 amide bonds. The average molecular weight is 543 g/mol. The van der Waals surface area contributed by atoms with E-state index in [0.717, 1.165) is 22.6 Å². The van der Waals surface area contributed by atoms with Gasteiger partial charge in [0.05, 0.1) is 41.2 Å². The van der Waals surface area contributed by atoms with Crippen molar-refractivity contribution in [3.8, 4) is 39.7 Å². The average Bonchev–Trinajstić information content (AvgIpc) is 3.63. The minimum atomic E-state index is -2.65. The van der Waals surface area contributed by atoms with Crippen molar-refractivity contribution < 1.29 is 18.3 Å². The predicted octanol–water partition coefficient (Wildman–Crippen LogP) is 5.31. The molecule has 6 heterocycles. The summed E-state index contributed by atoms with van der Waals surface area (Å²) in [6, 6.07) is 7.57. The van der Waals surface area contributed by atoms with Crippen molar-refractivity contribution >= 4 is 21.9 Å². The lowest BCUT2D eigenvalue weighted by atomic mass is 10.1. The number of phenols is 1. The highest BCUT2D eigenvalue weighted by Gasteiger charge is 2.37. The van der Waals surface area contributed by atoms with Crippen LogP contribution >= 0.6 is 0 Å². The summed E-state index contributed by atoms with van der Waals surface area (Å²) in [7, 11) is 0. The van der Waals surface area contributed by atoms with E-state index in [1.54, 1.807) is 35.9 Å². The molecule has 1 aliphatic heterocycles. The fourth-order valence-electron chi connectivity index (χ4n) is 5.16. The number of aromatic amines is 2. The lowest BCUT2D eigenvalue weighted by molar-refractivity contribution is 0.0115. The Bertz CT molecular complexity index is 1880. The van der Waals surface area contributed by atoms with Crippen molar-refractivity contribution in [2.24, 2.45) is 0 Å². The van der Waals surface area contributed by atoms with Gasteiger partial charge < -0.3 is 10.1 Å². The number of nitrogens with one attached hydrogen (secondary N) is 2. The number of phenolic OH excluding ortho intramolecular Hbond substituents is 1. The van der Waals surface area contributed by atoms with Crippen LogP contribution in [0.25, 0.3) is 55.8 Å². The van der Waals surface area contributed by atoms with Crippen LogP contribution < -0.4 is 0 Å². The number of pyridine rings is 3. The van der Waals surface area contributed by atoms with Gasteiger partial charge in [0, 0.05) is 60.7 Å². The van der Waals surface area contributed by atoms with Crippen molar-refractivity contribution in [1.29, 1.82) is 0 Å². The maximum absolute atomic E-state index is 14.0. The van der Waals surface area contributed by atoms with Crippen molar-refractivity contribution in [1.82, 2.24) is 40.0 Å². The number of hydrogen-bond acceptors (Lipinski definition) is 7. The predicted molar refractivity (Wildman–Crippen MR) is 142 cm³/mol. The Morgan fingerprint density at radius 2 is 1.82 bits per heavy atom. The first kappa shape index (κ1) is 24.2. The summed E-state index contributed by atoms with van der Waals surface area (Å²) < 4.78 is 41.3. The molecule has 1 aromatic carbocycles.